The Kier molecular flexibility index (Phi) is 2.59. The predicted octanol–water partition coefficient (Wildman–Crippen LogP) is 1.35. The van der Waals surface area contributed by atoms with Gasteiger partial charge in [-0.25, -0.2) is 0 Å². The third-order valence-electron chi connectivity index (χ3n) is 3.21. The van der Waals surface area contributed by atoms with E-state index in [0.29, 0.717) is 0 Å². The Bertz CT molecular complexity index is 412. The zero-order valence-electron chi connectivity index (χ0n) is 9.14. The van der Waals surface area contributed by atoms with Gasteiger partial charge in [-0.3, -0.25) is 4.79 Å². The van der Waals surface area contributed by atoms with Crippen LogP contribution in [0.1, 0.15) is 24.4 Å². The topological polar surface area (TPSA) is 72.5 Å². The monoisotopic (exact) mass is 221 g/mol. The Balaban J connectivity index is 2.26. The number of aromatic hydroxyl groups is 1. The largest absolute Gasteiger partial charge is 0.508 e. The average Bonchev–Trinajstić information content (AvgIpc) is 3.08. The summed E-state index contributed by atoms with van der Waals surface area (Å²) in [6.45, 7) is 0. The Morgan fingerprint density at radius 3 is 2.75 bits per heavy atom. The van der Waals surface area contributed by atoms with Crippen molar-refractivity contribution in [2.24, 2.45) is 11.1 Å². The van der Waals surface area contributed by atoms with Crippen molar-refractivity contribution in [3.8, 4) is 5.75 Å². The smallest absolute Gasteiger partial charge is 0.313 e. The van der Waals surface area contributed by atoms with Gasteiger partial charge in [0.15, 0.2) is 0 Å². The van der Waals surface area contributed by atoms with E-state index in [2.05, 4.69) is 0 Å². The predicted molar refractivity (Wildman–Crippen MR) is 58.7 cm³/mol. The highest BCUT2D eigenvalue weighted by molar-refractivity contribution is 5.81. The number of phenolic OH excluding ortho intramolecular Hbond substituents is 1. The maximum Gasteiger partial charge on any atom is 0.313 e. The van der Waals surface area contributed by atoms with Crippen LogP contribution in [0.25, 0.3) is 0 Å². The maximum absolute atomic E-state index is 11.6. The van der Waals surface area contributed by atoms with Gasteiger partial charge in [-0.1, -0.05) is 12.1 Å². The molecule has 4 heteroatoms. The third kappa shape index (κ3) is 1.65. The fraction of sp³-hybridized carbons (Fsp3) is 0.417. The summed E-state index contributed by atoms with van der Waals surface area (Å²) < 4.78 is 4.77. The van der Waals surface area contributed by atoms with Gasteiger partial charge in [-0.15, -0.1) is 0 Å². The minimum atomic E-state index is -0.581. The number of hydrogen-bond acceptors (Lipinski definition) is 4. The molecule has 1 aliphatic carbocycles. The fourth-order valence-corrected chi connectivity index (χ4v) is 2.02. The zero-order valence-corrected chi connectivity index (χ0v) is 9.14. The van der Waals surface area contributed by atoms with E-state index in [0.717, 1.165) is 18.4 Å². The summed E-state index contributed by atoms with van der Waals surface area (Å²) in [7, 11) is 1.37. The van der Waals surface area contributed by atoms with Crippen molar-refractivity contribution < 1.29 is 14.6 Å². The molecule has 0 radical (unpaired) electrons. The number of esters is 1. The summed E-state index contributed by atoms with van der Waals surface area (Å²) in [6, 6.07) is 6.29. The molecule has 3 N–H and O–H groups in total. The SMILES string of the molecule is COC(=O)C1(C(N)c2cccc(O)c2)CC1. The summed E-state index contributed by atoms with van der Waals surface area (Å²) in [4.78, 5) is 11.6. The molecule has 1 unspecified atom stereocenters. The molecule has 86 valence electrons. The minimum absolute atomic E-state index is 0.161. The molecule has 1 saturated carbocycles. The van der Waals surface area contributed by atoms with Gasteiger partial charge in [0.05, 0.1) is 12.5 Å². The van der Waals surface area contributed by atoms with E-state index in [-0.39, 0.29) is 11.7 Å². The molecule has 4 nitrogen and oxygen atoms in total. The van der Waals surface area contributed by atoms with Gasteiger partial charge in [0.25, 0.3) is 0 Å². The minimum Gasteiger partial charge on any atom is -0.508 e. The van der Waals surface area contributed by atoms with Crippen LogP contribution in [0.5, 0.6) is 5.75 Å². The summed E-state index contributed by atoms with van der Waals surface area (Å²) in [5.41, 5.74) is 6.25. The summed E-state index contributed by atoms with van der Waals surface area (Å²) >= 11 is 0. The van der Waals surface area contributed by atoms with Gasteiger partial charge in [0.2, 0.25) is 0 Å². The van der Waals surface area contributed by atoms with Gasteiger partial charge < -0.3 is 15.6 Å². The van der Waals surface area contributed by atoms with Crippen LogP contribution in [0.2, 0.25) is 0 Å². The highest BCUT2D eigenvalue weighted by atomic mass is 16.5. The van der Waals surface area contributed by atoms with Crippen LogP contribution in [0.3, 0.4) is 0 Å². The van der Waals surface area contributed by atoms with E-state index in [1.807, 2.05) is 6.07 Å². The highest BCUT2D eigenvalue weighted by Gasteiger charge is 2.56. The van der Waals surface area contributed by atoms with E-state index in [4.69, 9.17) is 10.5 Å². The molecular formula is C12H15NO3. The molecule has 1 fully saturated rings. The molecule has 1 aliphatic rings. The van der Waals surface area contributed by atoms with Gasteiger partial charge in [0, 0.05) is 6.04 Å². The van der Waals surface area contributed by atoms with E-state index < -0.39 is 11.5 Å². The summed E-state index contributed by atoms with van der Waals surface area (Å²) in [6.07, 6.45) is 1.49. The van der Waals surface area contributed by atoms with Crippen LogP contribution < -0.4 is 5.73 Å². The van der Waals surface area contributed by atoms with Crippen molar-refractivity contribution in [1.82, 2.24) is 0 Å². The second kappa shape index (κ2) is 3.79. The molecule has 0 saturated heterocycles. The lowest BCUT2D eigenvalue weighted by Gasteiger charge is -2.21. The Hall–Kier alpha value is -1.55. The first-order chi connectivity index (χ1) is 7.60. The number of ether oxygens (including phenoxy) is 1. The number of carbonyl (C=O) groups excluding carboxylic acids is 1. The van der Waals surface area contributed by atoms with Gasteiger partial charge in [-0.05, 0) is 30.5 Å². The molecule has 16 heavy (non-hydrogen) atoms. The van der Waals surface area contributed by atoms with Crippen molar-refractivity contribution in [3.63, 3.8) is 0 Å². The van der Waals surface area contributed by atoms with Crippen LogP contribution in [0, 0.1) is 5.41 Å². The Morgan fingerprint density at radius 1 is 1.56 bits per heavy atom. The average molecular weight is 221 g/mol. The number of rotatable bonds is 3. The van der Waals surface area contributed by atoms with Crippen molar-refractivity contribution in [2.75, 3.05) is 7.11 Å². The van der Waals surface area contributed by atoms with Crippen LogP contribution in [0.4, 0.5) is 0 Å². The Labute approximate surface area is 94.0 Å². The number of methoxy groups -OCH3 is 1. The number of phenols is 1. The molecule has 0 aliphatic heterocycles. The maximum atomic E-state index is 11.6. The molecule has 0 aromatic heterocycles. The standard InChI is InChI=1S/C12H15NO3/c1-16-11(15)12(5-6-12)10(13)8-3-2-4-9(14)7-8/h2-4,7,10,14H,5-6,13H2,1H3. The van der Waals surface area contributed by atoms with Gasteiger partial charge in [-0.2, -0.15) is 0 Å². The van der Waals surface area contributed by atoms with Crippen molar-refractivity contribution in [2.45, 2.75) is 18.9 Å². The number of hydrogen-bond donors (Lipinski definition) is 2. The lowest BCUT2D eigenvalue weighted by molar-refractivity contribution is -0.148. The number of carbonyl (C=O) groups is 1. The van der Waals surface area contributed by atoms with E-state index >= 15 is 0 Å². The van der Waals surface area contributed by atoms with Crippen LogP contribution in [-0.4, -0.2) is 18.2 Å². The molecule has 1 atom stereocenters. The molecule has 0 bridgehead atoms. The van der Waals surface area contributed by atoms with Crippen LogP contribution >= 0.6 is 0 Å². The first-order valence-corrected chi connectivity index (χ1v) is 5.23. The number of nitrogens with two attached hydrogens (primary N) is 1. The normalized spacial score (nSPS) is 18.9. The first kappa shape index (κ1) is 11.0. The van der Waals surface area contributed by atoms with Gasteiger partial charge >= 0.3 is 5.97 Å². The molecule has 0 amide bonds. The van der Waals surface area contributed by atoms with E-state index in [1.54, 1.807) is 18.2 Å². The van der Waals surface area contributed by atoms with E-state index in [1.165, 1.54) is 7.11 Å². The van der Waals surface area contributed by atoms with Crippen molar-refractivity contribution in [3.05, 3.63) is 29.8 Å². The first-order valence-electron chi connectivity index (χ1n) is 5.23. The molecule has 2 rings (SSSR count). The van der Waals surface area contributed by atoms with Crippen LogP contribution in [0.15, 0.2) is 24.3 Å². The molecular weight excluding hydrogens is 206 g/mol. The quantitative estimate of drug-likeness (QED) is 0.755. The summed E-state index contributed by atoms with van der Waals surface area (Å²) in [5.74, 6) is -0.100. The van der Waals surface area contributed by atoms with Crippen molar-refractivity contribution >= 4 is 5.97 Å². The lowest BCUT2D eigenvalue weighted by atomic mass is 9.91. The second-order valence-electron chi connectivity index (χ2n) is 4.22. The molecule has 1 aromatic carbocycles. The lowest BCUT2D eigenvalue weighted by Crippen LogP contribution is -2.30. The number of benzene rings is 1. The molecule has 0 spiro atoms. The summed E-state index contributed by atoms with van der Waals surface area (Å²) in [5, 5.41) is 9.37. The van der Waals surface area contributed by atoms with Gasteiger partial charge in [0.1, 0.15) is 5.75 Å². The highest BCUT2D eigenvalue weighted by Crippen LogP contribution is 2.54. The fourth-order valence-electron chi connectivity index (χ4n) is 2.02. The van der Waals surface area contributed by atoms with Crippen molar-refractivity contribution in [1.29, 1.82) is 0 Å². The molecule has 0 heterocycles. The second-order valence-corrected chi connectivity index (χ2v) is 4.22. The van der Waals surface area contributed by atoms with Crippen LogP contribution in [-0.2, 0) is 9.53 Å². The Morgan fingerprint density at radius 2 is 2.25 bits per heavy atom. The third-order valence-corrected chi connectivity index (χ3v) is 3.21. The molecule has 1 aromatic rings. The van der Waals surface area contributed by atoms with E-state index in [9.17, 15) is 9.90 Å². The zero-order chi connectivity index (χ0) is 11.8.